The second kappa shape index (κ2) is 12.0. The Morgan fingerprint density at radius 2 is 1.49 bits per heavy atom. The molecule has 0 amide bonds. The molecule has 8 nitrogen and oxygen atoms in total. The van der Waals surface area contributed by atoms with E-state index < -0.39 is 30.5 Å². The van der Waals surface area contributed by atoms with Crippen LogP contribution in [0.15, 0.2) is 52.3 Å². The van der Waals surface area contributed by atoms with Gasteiger partial charge < -0.3 is 39.9 Å². The van der Waals surface area contributed by atoms with Gasteiger partial charge in [0.2, 0.25) is 0 Å². The highest BCUT2D eigenvalue weighted by Crippen LogP contribution is 2.48. The first-order chi connectivity index (χ1) is 17.9. The zero-order chi connectivity index (χ0) is 25.9. The minimum Gasteiger partial charge on any atom is -0.394 e. The molecule has 0 saturated carbocycles. The van der Waals surface area contributed by atoms with Gasteiger partial charge >= 0.3 is 0 Å². The number of nitrogens with zero attached hydrogens (tertiary/aromatic N) is 3. The van der Waals surface area contributed by atoms with Crippen molar-refractivity contribution in [1.82, 2.24) is 9.80 Å². The Morgan fingerprint density at radius 1 is 0.811 bits per heavy atom. The van der Waals surface area contributed by atoms with E-state index in [1.165, 1.54) is 26.7 Å². The number of hydrogen-bond donors (Lipinski definition) is 4. The van der Waals surface area contributed by atoms with Crippen LogP contribution in [0.3, 0.4) is 0 Å². The molecule has 9 heteroatoms. The van der Waals surface area contributed by atoms with Gasteiger partial charge in [0.15, 0.2) is 0 Å². The van der Waals surface area contributed by atoms with Crippen molar-refractivity contribution in [1.29, 1.82) is 0 Å². The van der Waals surface area contributed by atoms with Crippen molar-refractivity contribution in [3.05, 3.63) is 48.0 Å². The van der Waals surface area contributed by atoms with Crippen LogP contribution >= 0.6 is 11.8 Å². The first-order valence-electron chi connectivity index (χ1n) is 13.3. The largest absolute Gasteiger partial charge is 0.394 e. The Labute approximate surface area is 223 Å². The van der Waals surface area contributed by atoms with Crippen molar-refractivity contribution >= 4 is 23.1 Å². The van der Waals surface area contributed by atoms with E-state index in [-0.39, 0.29) is 6.61 Å². The van der Waals surface area contributed by atoms with Crippen molar-refractivity contribution in [3.63, 3.8) is 0 Å². The molecule has 3 aliphatic heterocycles. The summed E-state index contributed by atoms with van der Waals surface area (Å²) < 4.78 is 5.66. The van der Waals surface area contributed by atoms with Gasteiger partial charge in [-0.05, 0) is 56.1 Å². The molecule has 3 heterocycles. The first-order valence-corrected chi connectivity index (χ1v) is 14.2. The van der Waals surface area contributed by atoms with E-state index in [0.717, 1.165) is 52.2 Å². The van der Waals surface area contributed by atoms with Gasteiger partial charge in [-0.3, -0.25) is 0 Å². The smallest absolute Gasteiger partial charge is 0.111 e. The monoisotopic (exact) mass is 529 g/mol. The van der Waals surface area contributed by atoms with Crippen molar-refractivity contribution in [2.24, 2.45) is 0 Å². The summed E-state index contributed by atoms with van der Waals surface area (Å²) in [5.74, 6) is 0. The summed E-state index contributed by atoms with van der Waals surface area (Å²) in [6, 6.07) is 15.4. The number of piperazine rings is 1. The maximum absolute atomic E-state index is 10.3. The molecule has 2 aromatic rings. The van der Waals surface area contributed by atoms with E-state index in [4.69, 9.17) is 4.74 Å². The van der Waals surface area contributed by atoms with Crippen LogP contribution in [-0.2, 0) is 4.74 Å². The molecule has 5 atom stereocenters. The van der Waals surface area contributed by atoms with Crippen LogP contribution in [0, 0.1) is 6.92 Å². The third kappa shape index (κ3) is 5.99. The zero-order valence-corrected chi connectivity index (χ0v) is 22.3. The molecule has 1 unspecified atom stereocenters. The second-order valence-electron chi connectivity index (χ2n) is 10.4. The number of rotatable bonds is 8. The van der Waals surface area contributed by atoms with Crippen LogP contribution in [0.5, 0.6) is 0 Å². The Morgan fingerprint density at radius 3 is 2.24 bits per heavy atom. The van der Waals surface area contributed by atoms with Crippen LogP contribution in [-0.4, -0.2) is 113 Å². The van der Waals surface area contributed by atoms with E-state index in [1.807, 2.05) is 11.8 Å². The molecule has 0 aliphatic carbocycles. The SMILES string of the molecule is Cc1ccc2c(c1)N(CCCN1CCN(CCC3O[C@H](CO)[C@@H](O)[C@H](O)[C@H]3O)CC1)c1ccccc1S2. The molecule has 2 saturated heterocycles. The Hall–Kier alpha value is -1.69. The number of para-hydroxylation sites is 1. The van der Waals surface area contributed by atoms with Gasteiger partial charge in [0, 0.05) is 49.1 Å². The third-order valence-electron chi connectivity index (χ3n) is 7.82. The predicted octanol–water partition coefficient (Wildman–Crippen LogP) is 1.84. The van der Waals surface area contributed by atoms with E-state index in [9.17, 15) is 20.4 Å². The lowest BCUT2D eigenvalue weighted by Gasteiger charge is -2.41. The number of anilines is 2. The zero-order valence-electron chi connectivity index (χ0n) is 21.4. The van der Waals surface area contributed by atoms with Gasteiger partial charge in [0.05, 0.1) is 24.1 Å². The molecule has 5 rings (SSSR count). The first kappa shape index (κ1) is 26.9. The maximum Gasteiger partial charge on any atom is 0.111 e. The summed E-state index contributed by atoms with van der Waals surface area (Å²) in [4.78, 5) is 9.98. The number of aryl methyl sites for hydroxylation is 1. The van der Waals surface area contributed by atoms with Crippen LogP contribution in [0.25, 0.3) is 0 Å². The van der Waals surface area contributed by atoms with Gasteiger partial charge in [0.25, 0.3) is 0 Å². The molecule has 2 fully saturated rings. The lowest BCUT2D eigenvalue weighted by molar-refractivity contribution is -0.230. The lowest BCUT2D eigenvalue weighted by Crippen LogP contribution is -2.59. The van der Waals surface area contributed by atoms with Crippen molar-refractivity contribution in [2.75, 3.05) is 57.3 Å². The van der Waals surface area contributed by atoms with Crippen LogP contribution in [0.2, 0.25) is 0 Å². The average Bonchev–Trinajstić information content (AvgIpc) is 2.92. The fourth-order valence-electron chi connectivity index (χ4n) is 5.60. The topological polar surface area (TPSA) is 99.9 Å². The van der Waals surface area contributed by atoms with Crippen molar-refractivity contribution in [3.8, 4) is 0 Å². The molecule has 0 spiro atoms. The summed E-state index contributed by atoms with van der Waals surface area (Å²) in [6.45, 7) is 8.43. The lowest BCUT2D eigenvalue weighted by atomic mass is 9.93. The summed E-state index contributed by atoms with van der Waals surface area (Å²) >= 11 is 1.85. The Balaban J connectivity index is 1.09. The van der Waals surface area contributed by atoms with E-state index >= 15 is 0 Å². The maximum atomic E-state index is 10.3. The molecule has 0 bridgehead atoms. The normalized spacial score (nSPS) is 28.7. The van der Waals surface area contributed by atoms with E-state index in [2.05, 4.69) is 64.1 Å². The summed E-state index contributed by atoms with van der Waals surface area (Å²) in [6.07, 6.45) is -3.54. The van der Waals surface area contributed by atoms with E-state index in [1.54, 1.807) is 0 Å². The number of benzene rings is 2. The fraction of sp³-hybridized carbons (Fsp3) is 0.571. The van der Waals surface area contributed by atoms with Gasteiger partial charge in [-0.15, -0.1) is 0 Å². The van der Waals surface area contributed by atoms with Crippen molar-refractivity contribution in [2.45, 2.75) is 60.1 Å². The summed E-state index contributed by atoms with van der Waals surface area (Å²) in [5.41, 5.74) is 3.88. The molecule has 0 radical (unpaired) electrons. The predicted molar refractivity (Wildman–Crippen MR) is 145 cm³/mol. The fourth-order valence-corrected chi connectivity index (χ4v) is 6.67. The molecular formula is C28H39N3O5S. The van der Waals surface area contributed by atoms with Crippen LogP contribution < -0.4 is 4.90 Å². The van der Waals surface area contributed by atoms with E-state index in [0.29, 0.717) is 6.42 Å². The molecular weight excluding hydrogens is 490 g/mol. The third-order valence-corrected chi connectivity index (χ3v) is 8.95. The number of aliphatic hydroxyl groups is 4. The minimum absolute atomic E-state index is 0.382. The van der Waals surface area contributed by atoms with Gasteiger partial charge in [-0.1, -0.05) is 30.0 Å². The second-order valence-corrected chi connectivity index (χ2v) is 11.5. The van der Waals surface area contributed by atoms with Gasteiger partial charge in [-0.2, -0.15) is 0 Å². The van der Waals surface area contributed by atoms with Crippen LogP contribution in [0.4, 0.5) is 11.4 Å². The number of ether oxygens (including phenoxy) is 1. The molecule has 37 heavy (non-hydrogen) atoms. The number of aliphatic hydroxyl groups excluding tert-OH is 4. The molecule has 2 aromatic carbocycles. The molecule has 4 N–H and O–H groups in total. The van der Waals surface area contributed by atoms with Gasteiger partial charge in [0.1, 0.15) is 24.4 Å². The Kier molecular flexibility index (Phi) is 8.73. The number of fused-ring (bicyclic) bond motifs is 2. The molecule has 0 aromatic heterocycles. The average molecular weight is 530 g/mol. The Bertz CT molecular complexity index is 1050. The highest BCUT2D eigenvalue weighted by atomic mass is 32.2. The molecule has 202 valence electrons. The molecule has 3 aliphatic rings. The minimum atomic E-state index is -1.30. The van der Waals surface area contributed by atoms with Gasteiger partial charge in [-0.25, -0.2) is 0 Å². The summed E-state index contributed by atoms with van der Waals surface area (Å²) in [7, 11) is 0. The highest BCUT2D eigenvalue weighted by molar-refractivity contribution is 7.99. The number of hydrogen-bond acceptors (Lipinski definition) is 9. The highest BCUT2D eigenvalue weighted by Gasteiger charge is 2.43. The quantitative estimate of drug-likeness (QED) is 0.408. The standard InChI is InChI=1S/C28H39N3O5S/c1-19-7-8-25-21(17-19)31(20-5-2-3-6-24(20)37-25)11-4-10-29-13-15-30(16-14-29)12-9-22-26(33)28(35)27(34)23(18-32)36-22/h2-3,5-8,17,22-23,26-28,32-35H,4,9-16,18H2,1H3/t22?,23-,26+,27-,28-/m1/s1. The van der Waals surface area contributed by atoms with Crippen molar-refractivity contribution < 1.29 is 25.2 Å². The van der Waals surface area contributed by atoms with Crippen LogP contribution in [0.1, 0.15) is 18.4 Å². The summed E-state index contributed by atoms with van der Waals surface area (Å²) in [5, 5.41) is 39.7.